The first-order chi connectivity index (χ1) is 25.1. The van der Waals surface area contributed by atoms with Gasteiger partial charge in [0.2, 0.25) is 11.8 Å². The van der Waals surface area contributed by atoms with Crippen molar-refractivity contribution in [1.82, 2.24) is 35.2 Å². The van der Waals surface area contributed by atoms with Gasteiger partial charge in [-0.1, -0.05) is 42.5 Å². The van der Waals surface area contributed by atoms with Gasteiger partial charge < -0.3 is 16.0 Å². The lowest BCUT2D eigenvalue weighted by molar-refractivity contribution is -0.125. The van der Waals surface area contributed by atoms with E-state index in [1.807, 2.05) is 19.1 Å². The normalized spacial score (nSPS) is 16.9. The number of piperidine rings is 1. The van der Waals surface area contributed by atoms with E-state index < -0.39 is 12.1 Å². The van der Waals surface area contributed by atoms with Gasteiger partial charge in [-0.15, -0.1) is 21.5 Å². The molecule has 52 heavy (non-hydrogen) atoms. The lowest BCUT2D eigenvalue weighted by Crippen LogP contribution is -2.41. The molecule has 0 spiro atoms. The van der Waals surface area contributed by atoms with Crippen molar-refractivity contribution in [3.63, 3.8) is 0 Å². The van der Waals surface area contributed by atoms with Gasteiger partial charge >= 0.3 is 0 Å². The largest absolute Gasteiger partial charge is 0.384 e. The molecule has 0 bridgehead atoms. The summed E-state index contributed by atoms with van der Waals surface area (Å²) in [6.45, 7) is 13.3. The van der Waals surface area contributed by atoms with Crippen LogP contribution in [0.2, 0.25) is 0 Å². The number of anilines is 1. The molecule has 2 amide bonds. The van der Waals surface area contributed by atoms with Crippen LogP contribution in [0, 0.1) is 27.7 Å². The van der Waals surface area contributed by atoms with Crippen molar-refractivity contribution in [2.45, 2.75) is 78.3 Å². The molecule has 3 N–H and O–H groups in total. The van der Waals surface area contributed by atoms with E-state index >= 15 is 0 Å². The van der Waals surface area contributed by atoms with Gasteiger partial charge in [0.05, 0.1) is 23.7 Å². The summed E-state index contributed by atoms with van der Waals surface area (Å²) in [5.74, 6) is 1.11. The molecule has 3 aromatic heterocycles. The number of aryl methyl sites for hydroxylation is 3. The molecule has 13 heteroatoms. The van der Waals surface area contributed by atoms with Crippen LogP contribution in [-0.4, -0.2) is 55.2 Å². The van der Waals surface area contributed by atoms with Gasteiger partial charge in [-0.2, -0.15) is 5.10 Å². The van der Waals surface area contributed by atoms with E-state index in [2.05, 4.69) is 87.4 Å². The van der Waals surface area contributed by atoms with Crippen molar-refractivity contribution in [3.8, 4) is 5.00 Å². The van der Waals surface area contributed by atoms with Gasteiger partial charge in [0.1, 0.15) is 22.9 Å². The Hall–Kier alpha value is -5.43. The van der Waals surface area contributed by atoms with E-state index in [0.29, 0.717) is 42.8 Å². The number of thiophene rings is 1. The number of allylic oxidation sites excluding steroid dienone is 1. The SMILES string of the molecule is C=C1CCC(n2ncc3c(NCCCCCNC(=O)CC4N=C(c5ccc(C)cc5)c5c(sc(C)c5C)-n5c(C)nnc54)cccc3c2=O)C(=O)N1. The molecule has 2 aliphatic heterocycles. The zero-order valence-electron chi connectivity index (χ0n) is 30.0. The first-order valence-electron chi connectivity index (χ1n) is 17.8. The van der Waals surface area contributed by atoms with E-state index in [-0.39, 0.29) is 23.8 Å². The maximum Gasteiger partial charge on any atom is 0.275 e. The number of benzene rings is 2. The first-order valence-corrected chi connectivity index (χ1v) is 18.6. The lowest BCUT2D eigenvalue weighted by Gasteiger charge is -2.24. The van der Waals surface area contributed by atoms with Crippen molar-refractivity contribution < 1.29 is 9.59 Å². The van der Waals surface area contributed by atoms with Gasteiger partial charge in [0, 0.05) is 45.9 Å². The lowest BCUT2D eigenvalue weighted by atomic mass is 9.99. The fourth-order valence-electron chi connectivity index (χ4n) is 6.92. The third-order valence-electron chi connectivity index (χ3n) is 9.91. The number of aliphatic imine (C=N–C) groups is 1. The number of hydrogen-bond donors (Lipinski definition) is 3. The van der Waals surface area contributed by atoms with Gasteiger partial charge in [0.15, 0.2) is 5.82 Å². The third-order valence-corrected chi connectivity index (χ3v) is 11.1. The molecular formula is C39H43N9O3S. The van der Waals surface area contributed by atoms with Crippen LogP contribution in [0.15, 0.2) is 70.7 Å². The van der Waals surface area contributed by atoms with E-state index in [1.165, 1.54) is 20.7 Å². The Morgan fingerprint density at radius 3 is 2.58 bits per heavy atom. The zero-order valence-corrected chi connectivity index (χ0v) is 30.8. The molecule has 7 rings (SSSR count). The monoisotopic (exact) mass is 717 g/mol. The van der Waals surface area contributed by atoms with Crippen LogP contribution in [0.3, 0.4) is 0 Å². The molecule has 2 aliphatic rings. The van der Waals surface area contributed by atoms with Crippen LogP contribution in [0.1, 0.15) is 89.4 Å². The topological polar surface area (TPSA) is 148 Å². The molecule has 2 aromatic carbocycles. The molecule has 0 radical (unpaired) electrons. The highest BCUT2D eigenvalue weighted by Crippen LogP contribution is 2.39. The molecule has 5 heterocycles. The molecule has 0 saturated carbocycles. The van der Waals surface area contributed by atoms with Gasteiger partial charge in [0.25, 0.3) is 5.56 Å². The third kappa shape index (κ3) is 6.80. The minimum atomic E-state index is -0.650. The second-order valence-electron chi connectivity index (χ2n) is 13.6. The molecule has 1 saturated heterocycles. The number of nitrogens with one attached hydrogen (secondary N) is 3. The number of nitrogens with zero attached hydrogens (tertiary/aromatic N) is 6. The Bertz CT molecular complexity index is 2280. The van der Waals surface area contributed by atoms with Crippen molar-refractivity contribution in [2.24, 2.45) is 4.99 Å². The predicted octanol–water partition coefficient (Wildman–Crippen LogP) is 5.92. The van der Waals surface area contributed by atoms with Crippen molar-refractivity contribution in [1.29, 1.82) is 0 Å². The Balaban J connectivity index is 0.954. The Morgan fingerprint density at radius 2 is 1.79 bits per heavy atom. The minimum Gasteiger partial charge on any atom is -0.384 e. The van der Waals surface area contributed by atoms with Crippen molar-refractivity contribution >= 4 is 45.3 Å². The number of aromatic nitrogens is 5. The van der Waals surface area contributed by atoms with Gasteiger partial charge in [-0.05, 0) is 77.5 Å². The highest BCUT2D eigenvalue weighted by Gasteiger charge is 2.32. The van der Waals surface area contributed by atoms with E-state index in [4.69, 9.17) is 4.99 Å². The predicted molar refractivity (Wildman–Crippen MR) is 205 cm³/mol. The summed E-state index contributed by atoms with van der Waals surface area (Å²) in [5, 5.41) is 24.8. The number of hydrogen-bond acceptors (Lipinski definition) is 9. The Morgan fingerprint density at radius 1 is 1.00 bits per heavy atom. The number of amides is 2. The number of unbranched alkanes of at least 4 members (excludes halogenated alkanes) is 2. The summed E-state index contributed by atoms with van der Waals surface area (Å²) in [5.41, 5.74) is 6.50. The smallest absolute Gasteiger partial charge is 0.275 e. The second-order valence-corrected chi connectivity index (χ2v) is 14.8. The summed E-state index contributed by atoms with van der Waals surface area (Å²) in [7, 11) is 0. The molecular weight excluding hydrogens is 675 g/mol. The van der Waals surface area contributed by atoms with E-state index in [0.717, 1.165) is 58.0 Å². The van der Waals surface area contributed by atoms with Crippen LogP contribution >= 0.6 is 11.3 Å². The summed E-state index contributed by atoms with van der Waals surface area (Å²) in [4.78, 5) is 45.6. The van der Waals surface area contributed by atoms with Crippen molar-refractivity contribution in [3.05, 3.63) is 110 Å². The standard InChI is InChI=1S/C39H43N9O3S/c1-22-12-15-27(16-13-22)35-34-24(3)25(4)52-39(34)47-26(5)45-46-36(47)31(44-35)20-33(49)41-19-8-6-7-18-40-30-11-9-10-28-29(30)21-42-48(38(28)51)32-17-14-23(2)43-37(32)50/h9-13,15-16,21,31-32,40H,2,6-8,14,17-20H2,1,3-5H3,(H,41,49)(H,43,50). The molecule has 12 nitrogen and oxygen atoms in total. The van der Waals surface area contributed by atoms with Crippen LogP contribution in [0.4, 0.5) is 5.69 Å². The van der Waals surface area contributed by atoms with E-state index in [1.54, 1.807) is 23.6 Å². The Kier molecular flexibility index (Phi) is 9.87. The summed E-state index contributed by atoms with van der Waals surface area (Å²) in [6, 6.07) is 12.8. The molecule has 2 atom stereocenters. The molecule has 268 valence electrons. The summed E-state index contributed by atoms with van der Waals surface area (Å²) in [6.07, 6.45) is 5.51. The van der Waals surface area contributed by atoms with Crippen LogP contribution in [-0.2, 0) is 9.59 Å². The molecule has 5 aromatic rings. The fourth-order valence-corrected chi connectivity index (χ4v) is 8.13. The first kappa shape index (κ1) is 35.0. The minimum absolute atomic E-state index is 0.0787. The zero-order chi connectivity index (χ0) is 36.5. The molecule has 0 aliphatic carbocycles. The van der Waals surface area contributed by atoms with Gasteiger partial charge in [-0.3, -0.25) is 23.9 Å². The van der Waals surface area contributed by atoms with Crippen LogP contribution < -0.4 is 21.5 Å². The fraction of sp³-hybridized carbons (Fsp3) is 0.359. The number of carbonyl (C=O) groups is 2. The van der Waals surface area contributed by atoms with Crippen molar-refractivity contribution in [2.75, 3.05) is 18.4 Å². The average molecular weight is 718 g/mol. The quantitative estimate of drug-likeness (QED) is 0.144. The highest BCUT2D eigenvalue weighted by atomic mass is 32.1. The highest BCUT2D eigenvalue weighted by molar-refractivity contribution is 7.15. The summed E-state index contributed by atoms with van der Waals surface area (Å²) < 4.78 is 3.35. The average Bonchev–Trinajstić information content (AvgIpc) is 3.60. The number of fused-ring (bicyclic) bond motifs is 4. The summed E-state index contributed by atoms with van der Waals surface area (Å²) >= 11 is 1.71. The maximum absolute atomic E-state index is 13.3. The second kappa shape index (κ2) is 14.7. The number of rotatable bonds is 11. The van der Waals surface area contributed by atoms with Crippen LogP contribution in [0.25, 0.3) is 15.8 Å². The van der Waals surface area contributed by atoms with Crippen LogP contribution in [0.5, 0.6) is 0 Å². The Labute approximate surface area is 306 Å². The molecule has 1 fully saturated rings. The maximum atomic E-state index is 13.3. The number of carbonyl (C=O) groups excluding carboxylic acids is 2. The van der Waals surface area contributed by atoms with E-state index in [9.17, 15) is 14.4 Å². The van der Waals surface area contributed by atoms with Gasteiger partial charge in [-0.25, -0.2) is 4.68 Å². The molecule has 2 unspecified atom stereocenters.